The molecule has 1 aromatic carbocycles. The third-order valence-electron chi connectivity index (χ3n) is 3.05. The molecular weight excluding hydrogens is 296 g/mol. The van der Waals surface area contributed by atoms with Crippen LogP contribution < -0.4 is 21.1 Å². The first-order valence-electron chi connectivity index (χ1n) is 6.26. The first-order valence-corrected chi connectivity index (χ1v) is 7.80. The van der Waals surface area contributed by atoms with Gasteiger partial charge in [0.2, 0.25) is 21.8 Å². The number of hydrogen-bond donors (Lipinski definition) is 4. The van der Waals surface area contributed by atoms with Crippen LogP contribution in [0.15, 0.2) is 29.2 Å². The SMILES string of the molecule is NS(=O)(=O)c1ccc(CNC(=O)C2CNC(=O)CN2)cc1. The highest BCUT2D eigenvalue weighted by Crippen LogP contribution is 2.08. The average molecular weight is 312 g/mol. The molecule has 2 rings (SSSR count). The minimum atomic E-state index is -3.71. The number of hydrogen-bond acceptors (Lipinski definition) is 5. The molecule has 0 aromatic heterocycles. The Morgan fingerprint density at radius 1 is 1.33 bits per heavy atom. The summed E-state index contributed by atoms with van der Waals surface area (Å²) < 4.78 is 22.2. The van der Waals surface area contributed by atoms with E-state index < -0.39 is 16.1 Å². The lowest BCUT2D eigenvalue weighted by Gasteiger charge is -2.23. The summed E-state index contributed by atoms with van der Waals surface area (Å²) in [4.78, 5) is 22.8. The zero-order valence-electron chi connectivity index (χ0n) is 11.1. The van der Waals surface area contributed by atoms with E-state index in [-0.39, 0.29) is 36.3 Å². The van der Waals surface area contributed by atoms with Crippen LogP contribution in [0.4, 0.5) is 0 Å². The number of rotatable bonds is 4. The highest BCUT2D eigenvalue weighted by molar-refractivity contribution is 7.89. The van der Waals surface area contributed by atoms with Crippen LogP contribution in [0.25, 0.3) is 0 Å². The zero-order valence-corrected chi connectivity index (χ0v) is 11.9. The van der Waals surface area contributed by atoms with Gasteiger partial charge in [0.05, 0.1) is 11.4 Å². The third-order valence-corrected chi connectivity index (χ3v) is 3.98. The van der Waals surface area contributed by atoms with Crippen molar-refractivity contribution >= 4 is 21.8 Å². The fraction of sp³-hybridized carbons (Fsp3) is 0.333. The highest BCUT2D eigenvalue weighted by atomic mass is 32.2. The average Bonchev–Trinajstić information content (AvgIpc) is 2.45. The first-order chi connectivity index (χ1) is 9.86. The van der Waals surface area contributed by atoms with Gasteiger partial charge in [0, 0.05) is 13.1 Å². The summed E-state index contributed by atoms with van der Waals surface area (Å²) in [5.41, 5.74) is 0.746. The molecule has 1 aliphatic rings. The van der Waals surface area contributed by atoms with E-state index in [0.29, 0.717) is 0 Å². The van der Waals surface area contributed by atoms with Gasteiger partial charge in [-0.1, -0.05) is 12.1 Å². The molecule has 21 heavy (non-hydrogen) atoms. The van der Waals surface area contributed by atoms with Crippen LogP contribution in [-0.2, 0) is 26.2 Å². The maximum absolute atomic E-state index is 11.9. The molecule has 1 aromatic rings. The summed E-state index contributed by atoms with van der Waals surface area (Å²) in [6, 6.07) is 5.46. The molecule has 1 saturated heterocycles. The number of primary sulfonamides is 1. The van der Waals surface area contributed by atoms with Crippen molar-refractivity contribution in [3.05, 3.63) is 29.8 Å². The van der Waals surface area contributed by atoms with Crippen molar-refractivity contribution in [3.8, 4) is 0 Å². The maximum Gasteiger partial charge on any atom is 0.239 e. The Morgan fingerprint density at radius 2 is 2.00 bits per heavy atom. The van der Waals surface area contributed by atoms with Crippen LogP contribution in [-0.4, -0.2) is 39.4 Å². The van der Waals surface area contributed by atoms with Crippen LogP contribution >= 0.6 is 0 Å². The molecule has 9 heteroatoms. The number of nitrogens with one attached hydrogen (secondary N) is 3. The predicted octanol–water partition coefficient (Wildman–Crippen LogP) is -1.96. The Labute approximate surface area is 122 Å². The lowest BCUT2D eigenvalue weighted by atomic mass is 10.2. The summed E-state index contributed by atoms with van der Waals surface area (Å²) in [5.74, 6) is -0.372. The second-order valence-corrected chi connectivity index (χ2v) is 6.21. The lowest BCUT2D eigenvalue weighted by Crippen LogP contribution is -2.57. The summed E-state index contributed by atoms with van der Waals surface area (Å²) in [5, 5.41) is 13.1. The van der Waals surface area contributed by atoms with Gasteiger partial charge in [0.1, 0.15) is 6.04 Å². The van der Waals surface area contributed by atoms with Gasteiger partial charge in [0.15, 0.2) is 0 Å². The molecule has 0 saturated carbocycles. The molecule has 1 aliphatic heterocycles. The van der Waals surface area contributed by atoms with Gasteiger partial charge in [0.25, 0.3) is 0 Å². The van der Waals surface area contributed by atoms with Gasteiger partial charge in [-0.3, -0.25) is 14.9 Å². The molecule has 1 fully saturated rings. The predicted molar refractivity (Wildman–Crippen MR) is 74.5 cm³/mol. The second kappa shape index (κ2) is 6.20. The minimum Gasteiger partial charge on any atom is -0.353 e. The molecule has 1 heterocycles. The normalized spacial score (nSPS) is 18.9. The molecule has 1 unspecified atom stereocenters. The van der Waals surface area contributed by atoms with E-state index in [1.807, 2.05) is 0 Å². The number of sulfonamides is 1. The Hall–Kier alpha value is -1.97. The van der Waals surface area contributed by atoms with E-state index in [1.165, 1.54) is 12.1 Å². The van der Waals surface area contributed by atoms with Crippen LogP contribution in [0.3, 0.4) is 0 Å². The summed E-state index contributed by atoms with van der Waals surface area (Å²) in [6.45, 7) is 0.617. The summed E-state index contributed by atoms with van der Waals surface area (Å²) in [6.07, 6.45) is 0. The fourth-order valence-corrected chi connectivity index (χ4v) is 2.38. The third kappa shape index (κ3) is 4.25. The number of nitrogens with two attached hydrogens (primary N) is 1. The molecule has 1 atom stereocenters. The van der Waals surface area contributed by atoms with Crippen molar-refractivity contribution in [2.45, 2.75) is 17.5 Å². The van der Waals surface area contributed by atoms with E-state index in [0.717, 1.165) is 5.56 Å². The van der Waals surface area contributed by atoms with E-state index in [4.69, 9.17) is 5.14 Å². The first kappa shape index (κ1) is 15.4. The Kier molecular flexibility index (Phi) is 4.56. The van der Waals surface area contributed by atoms with Gasteiger partial charge in [-0.2, -0.15) is 0 Å². The standard InChI is InChI=1S/C12H16N4O4S/c13-21(19,20)9-3-1-8(2-4-9)5-16-12(18)10-6-15-11(17)7-14-10/h1-4,10,14H,5-7H2,(H,15,17)(H,16,18)(H2,13,19,20). The van der Waals surface area contributed by atoms with Crippen LogP contribution in [0.5, 0.6) is 0 Å². The van der Waals surface area contributed by atoms with Crippen molar-refractivity contribution in [2.24, 2.45) is 5.14 Å². The molecular formula is C12H16N4O4S. The minimum absolute atomic E-state index is 0.0224. The van der Waals surface area contributed by atoms with Crippen molar-refractivity contribution < 1.29 is 18.0 Å². The van der Waals surface area contributed by atoms with E-state index >= 15 is 0 Å². The van der Waals surface area contributed by atoms with Gasteiger partial charge in [-0.25, -0.2) is 13.6 Å². The zero-order chi connectivity index (χ0) is 15.5. The van der Waals surface area contributed by atoms with Gasteiger partial charge in [-0.15, -0.1) is 0 Å². The lowest BCUT2D eigenvalue weighted by molar-refractivity contribution is -0.126. The Balaban J connectivity index is 1.88. The fourth-order valence-electron chi connectivity index (χ4n) is 1.86. The van der Waals surface area contributed by atoms with Crippen LogP contribution in [0, 0.1) is 0 Å². The van der Waals surface area contributed by atoms with E-state index in [2.05, 4.69) is 16.0 Å². The molecule has 5 N–H and O–H groups in total. The molecule has 114 valence electrons. The van der Waals surface area contributed by atoms with Crippen molar-refractivity contribution in [3.63, 3.8) is 0 Å². The topological polar surface area (TPSA) is 130 Å². The number of amides is 2. The summed E-state index contributed by atoms with van der Waals surface area (Å²) in [7, 11) is -3.71. The monoisotopic (exact) mass is 312 g/mol. The summed E-state index contributed by atoms with van der Waals surface area (Å²) >= 11 is 0. The van der Waals surface area contributed by atoms with Gasteiger partial charge in [-0.05, 0) is 17.7 Å². The van der Waals surface area contributed by atoms with Crippen molar-refractivity contribution in [1.29, 1.82) is 0 Å². The van der Waals surface area contributed by atoms with Crippen LogP contribution in [0.1, 0.15) is 5.56 Å². The van der Waals surface area contributed by atoms with Crippen molar-refractivity contribution in [1.82, 2.24) is 16.0 Å². The van der Waals surface area contributed by atoms with Crippen molar-refractivity contribution in [2.75, 3.05) is 13.1 Å². The van der Waals surface area contributed by atoms with Gasteiger partial charge >= 0.3 is 0 Å². The highest BCUT2D eigenvalue weighted by Gasteiger charge is 2.23. The molecule has 0 aliphatic carbocycles. The van der Waals surface area contributed by atoms with E-state index in [9.17, 15) is 18.0 Å². The molecule has 0 spiro atoms. The quantitative estimate of drug-likeness (QED) is 0.513. The Bertz CT molecular complexity index is 632. The Morgan fingerprint density at radius 3 is 2.52 bits per heavy atom. The molecule has 2 amide bonds. The molecule has 8 nitrogen and oxygen atoms in total. The number of carbonyl (C=O) groups is 2. The second-order valence-electron chi connectivity index (χ2n) is 4.64. The maximum atomic E-state index is 11.9. The number of benzene rings is 1. The van der Waals surface area contributed by atoms with Gasteiger partial charge < -0.3 is 10.6 Å². The molecule has 0 bridgehead atoms. The largest absolute Gasteiger partial charge is 0.353 e. The van der Waals surface area contributed by atoms with Crippen LogP contribution in [0.2, 0.25) is 0 Å². The van der Waals surface area contributed by atoms with E-state index in [1.54, 1.807) is 12.1 Å². The molecule has 0 radical (unpaired) electrons. The number of carbonyl (C=O) groups excluding carboxylic acids is 2. The number of piperazine rings is 1. The smallest absolute Gasteiger partial charge is 0.239 e.